The van der Waals surface area contributed by atoms with Crippen molar-refractivity contribution in [3.05, 3.63) is 45.9 Å². The van der Waals surface area contributed by atoms with Gasteiger partial charge in [-0.1, -0.05) is 11.6 Å². The van der Waals surface area contributed by atoms with Crippen LogP contribution in [0.3, 0.4) is 0 Å². The Morgan fingerprint density at radius 1 is 1.25 bits per heavy atom. The third-order valence-corrected chi connectivity index (χ3v) is 4.61. The Morgan fingerprint density at radius 2 is 1.83 bits per heavy atom. The lowest BCUT2D eigenvalue weighted by atomic mass is 9.93. The second-order valence-corrected chi connectivity index (χ2v) is 6.76. The average Bonchev–Trinajstić information content (AvgIpc) is 2.79. The van der Waals surface area contributed by atoms with E-state index in [1.165, 1.54) is 18.4 Å². The molecule has 6 heteroatoms. The van der Waals surface area contributed by atoms with Crippen LogP contribution in [0, 0.1) is 0 Å². The fourth-order valence-corrected chi connectivity index (χ4v) is 3.29. The van der Waals surface area contributed by atoms with Gasteiger partial charge in [-0.15, -0.1) is 0 Å². The highest BCUT2D eigenvalue weighted by atomic mass is 35.5. The molecule has 4 nitrogen and oxygen atoms in total. The molecule has 2 aliphatic carbocycles. The number of ether oxygens (including phenoxy) is 1. The first-order valence-corrected chi connectivity index (χ1v) is 8.47. The molecule has 0 fully saturated rings. The minimum absolute atomic E-state index is 0.00223. The molecule has 1 heterocycles. The van der Waals surface area contributed by atoms with Gasteiger partial charge in [-0.2, -0.15) is 0 Å². The van der Waals surface area contributed by atoms with Gasteiger partial charge in [-0.25, -0.2) is 9.29 Å². The summed E-state index contributed by atoms with van der Waals surface area (Å²) in [6, 6.07) is 0. The number of amides is 2. The SMILES string of the molecule is CC(C)O/C=C1/C=C(N2C(=O)C3=C(CCCC3)C2=O)C(F)C=C1Cl. The third kappa shape index (κ3) is 2.93. The zero-order chi connectivity index (χ0) is 17.4. The molecule has 1 aliphatic heterocycles. The molecule has 0 spiro atoms. The van der Waals surface area contributed by atoms with Gasteiger partial charge in [0.15, 0.2) is 6.17 Å². The molecule has 2 amide bonds. The predicted molar refractivity (Wildman–Crippen MR) is 88.6 cm³/mol. The van der Waals surface area contributed by atoms with E-state index in [1.807, 2.05) is 13.8 Å². The van der Waals surface area contributed by atoms with Gasteiger partial charge in [0.25, 0.3) is 11.8 Å². The fraction of sp³-hybridized carbons (Fsp3) is 0.444. The minimum Gasteiger partial charge on any atom is -0.498 e. The molecule has 0 radical (unpaired) electrons. The maximum absolute atomic E-state index is 14.5. The van der Waals surface area contributed by atoms with Gasteiger partial charge in [0.2, 0.25) is 0 Å². The molecule has 1 unspecified atom stereocenters. The van der Waals surface area contributed by atoms with E-state index in [0.717, 1.165) is 17.7 Å². The molecule has 3 aliphatic rings. The zero-order valence-electron chi connectivity index (χ0n) is 13.6. The summed E-state index contributed by atoms with van der Waals surface area (Å²) in [5.74, 6) is -0.807. The molecule has 0 bridgehead atoms. The van der Waals surface area contributed by atoms with Gasteiger partial charge >= 0.3 is 0 Å². The van der Waals surface area contributed by atoms with Crippen LogP contribution >= 0.6 is 11.6 Å². The van der Waals surface area contributed by atoms with E-state index in [1.54, 1.807) is 0 Å². The molecule has 0 saturated heterocycles. The predicted octanol–water partition coefficient (Wildman–Crippen LogP) is 3.89. The number of imide groups is 1. The number of carbonyl (C=O) groups excluding carboxylic acids is 2. The summed E-state index contributed by atoms with van der Waals surface area (Å²) in [4.78, 5) is 26.1. The van der Waals surface area contributed by atoms with Crippen molar-refractivity contribution in [1.82, 2.24) is 4.90 Å². The van der Waals surface area contributed by atoms with Crippen LogP contribution in [0.1, 0.15) is 39.5 Å². The normalized spacial score (nSPS) is 26.1. The standard InChI is InChI=1S/C18H19ClFNO3/c1-10(2)24-9-11-7-16(15(20)8-14(11)19)21-17(22)12-5-3-4-6-13(12)18(21)23/h7-10,15H,3-6H2,1-2H3/b11-9-. The summed E-state index contributed by atoms with van der Waals surface area (Å²) in [7, 11) is 0. The zero-order valence-corrected chi connectivity index (χ0v) is 14.4. The molecular weight excluding hydrogens is 333 g/mol. The van der Waals surface area contributed by atoms with E-state index in [9.17, 15) is 14.0 Å². The molecule has 1 atom stereocenters. The van der Waals surface area contributed by atoms with Crippen LogP contribution in [-0.4, -0.2) is 29.0 Å². The van der Waals surface area contributed by atoms with Crippen LogP contribution in [-0.2, 0) is 14.3 Å². The molecule has 0 aromatic carbocycles. The lowest BCUT2D eigenvalue weighted by molar-refractivity contribution is -0.135. The Labute approximate surface area is 145 Å². The van der Waals surface area contributed by atoms with E-state index in [0.29, 0.717) is 29.6 Å². The lowest BCUT2D eigenvalue weighted by Gasteiger charge is -2.24. The maximum Gasteiger partial charge on any atom is 0.261 e. The summed E-state index contributed by atoms with van der Waals surface area (Å²) >= 11 is 6.06. The van der Waals surface area contributed by atoms with Crippen molar-refractivity contribution in [2.24, 2.45) is 0 Å². The van der Waals surface area contributed by atoms with Crippen LogP contribution in [0.25, 0.3) is 0 Å². The highest BCUT2D eigenvalue weighted by Crippen LogP contribution is 2.38. The lowest BCUT2D eigenvalue weighted by Crippen LogP contribution is -2.35. The van der Waals surface area contributed by atoms with E-state index in [2.05, 4.69) is 0 Å². The van der Waals surface area contributed by atoms with E-state index in [4.69, 9.17) is 16.3 Å². The number of rotatable bonds is 3. The van der Waals surface area contributed by atoms with Gasteiger partial charge in [0, 0.05) is 16.7 Å². The number of hydrogen-bond donors (Lipinski definition) is 0. The summed E-state index contributed by atoms with van der Waals surface area (Å²) in [5, 5.41) is 0.198. The molecule has 128 valence electrons. The first-order valence-electron chi connectivity index (χ1n) is 8.10. The molecule has 24 heavy (non-hydrogen) atoms. The van der Waals surface area contributed by atoms with E-state index >= 15 is 0 Å². The summed E-state index contributed by atoms with van der Waals surface area (Å²) in [6.07, 6.45) is 5.27. The van der Waals surface area contributed by atoms with Gasteiger partial charge in [0.1, 0.15) is 0 Å². The number of halogens is 2. The highest BCUT2D eigenvalue weighted by Gasteiger charge is 2.43. The van der Waals surface area contributed by atoms with Gasteiger partial charge in [-0.3, -0.25) is 9.59 Å². The Kier molecular flexibility index (Phi) is 4.63. The number of carbonyl (C=O) groups is 2. The Balaban J connectivity index is 1.94. The number of allylic oxidation sites excluding steroid dienone is 4. The summed E-state index contributed by atoms with van der Waals surface area (Å²) < 4.78 is 19.9. The van der Waals surface area contributed by atoms with E-state index < -0.39 is 18.0 Å². The highest BCUT2D eigenvalue weighted by molar-refractivity contribution is 6.32. The van der Waals surface area contributed by atoms with Crippen LogP contribution in [0.15, 0.2) is 45.9 Å². The molecule has 0 aromatic heterocycles. The summed E-state index contributed by atoms with van der Waals surface area (Å²) in [6.45, 7) is 3.71. The monoisotopic (exact) mass is 351 g/mol. The smallest absolute Gasteiger partial charge is 0.261 e. The van der Waals surface area contributed by atoms with Crippen LogP contribution in [0.4, 0.5) is 4.39 Å². The number of nitrogens with zero attached hydrogens (tertiary/aromatic N) is 1. The van der Waals surface area contributed by atoms with Crippen molar-refractivity contribution in [3.8, 4) is 0 Å². The van der Waals surface area contributed by atoms with Crippen LogP contribution < -0.4 is 0 Å². The van der Waals surface area contributed by atoms with E-state index in [-0.39, 0.29) is 16.8 Å². The minimum atomic E-state index is -1.61. The first-order chi connectivity index (χ1) is 11.4. The average molecular weight is 352 g/mol. The number of alkyl halides is 1. The Morgan fingerprint density at radius 3 is 2.38 bits per heavy atom. The molecule has 0 saturated carbocycles. The topological polar surface area (TPSA) is 46.6 Å². The molecule has 3 rings (SSSR count). The van der Waals surface area contributed by atoms with Crippen molar-refractivity contribution in [2.75, 3.05) is 0 Å². The van der Waals surface area contributed by atoms with Crippen molar-refractivity contribution < 1.29 is 18.7 Å². The molecule has 0 N–H and O–H groups in total. The largest absolute Gasteiger partial charge is 0.498 e. The van der Waals surface area contributed by atoms with Crippen molar-refractivity contribution in [2.45, 2.75) is 51.8 Å². The number of hydrogen-bond acceptors (Lipinski definition) is 3. The Hall–Kier alpha value is -1.88. The quantitative estimate of drug-likeness (QED) is 0.572. The fourth-order valence-electron chi connectivity index (χ4n) is 3.08. The maximum atomic E-state index is 14.5. The van der Waals surface area contributed by atoms with Crippen molar-refractivity contribution in [1.29, 1.82) is 0 Å². The van der Waals surface area contributed by atoms with Gasteiger partial charge in [0.05, 0.1) is 23.1 Å². The van der Waals surface area contributed by atoms with Crippen molar-refractivity contribution in [3.63, 3.8) is 0 Å². The second-order valence-electron chi connectivity index (χ2n) is 6.35. The third-order valence-electron chi connectivity index (χ3n) is 4.27. The molecular formula is C18H19ClFNO3. The Bertz CT molecular complexity index is 690. The summed E-state index contributed by atoms with van der Waals surface area (Å²) in [5.41, 5.74) is 1.51. The van der Waals surface area contributed by atoms with Gasteiger partial charge in [-0.05, 0) is 51.7 Å². The first kappa shape index (κ1) is 17.0. The van der Waals surface area contributed by atoms with Crippen molar-refractivity contribution >= 4 is 23.4 Å². The van der Waals surface area contributed by atoms with Crippen LogP contribution in [0.5, 0.6) is 0 Å². The molecule has 0 aromatic rings. The van der Waals surface area contributed by atoms with Gasteiger partial charge < -0.3 is 4.74 Å². The van der Waals surface area contributed by atoms with Crippen LogP contribution in [0.2, 0.25) is 0 Å². The second kappa shape index (κ2) is 6.55.